The van der Waals surface area contributed by atoms with Crippen molar-refractivity contribution in [1.29, 1.82) is 0 Å². The third-order valence-electron chi connectivity index (χ3n) is 5.83. The van der Waals surface area contributed by atoms with Crippen LogP contribution in [0, 0.1) is 0 Å². The van der Waals surface area contributed by atoms with Crippen molar-refractivity contribution in [1.82, 2.24) is 5.32 Å². The molecule has 0 heterocycles. The molecule has 0 radical (unpaired) electrons. The van der Waals surface area contributed by atoms with E-state index in [0.29, 0.717) is 29.3 Å². The molecule has 0 aliphatic rings. The molecule has 0 aliphatic carbocycles. The molecule has 0 unspecified atom stereocenters. The Kier molecular flexibility index (Phi) is 8.44. The Hall–Kier alpha value is -4.29. The molecule has 0 spiro atoms. The van der Waals surface area contributed by atoms with Gasteiger partial charge in [-0.3, -0.25) is 4.79 Å². The number of hydrogen-bond acceptors (Lipinski definition) is 4. The highest BCUT2D eigenvalue weighted by molar-refractivity contribution is 6.31. The van der Waals surface area contributed by atoms with Crippen molar-refractivity contribution >= 4 is 23.5 Å². The number of methoxy groups -OCH3 is 1. The zero-order valence-electron chi connectivity index (χ0n) is 20.2. The third-order valence-corrected chi connectivity index (χ3v) is 6.07. The summed E-state index contributed by atoms with van der Waals surface area (Å²) in [6.07, 6.45) is 0.643. The number of halogens is 1. The van der Waals surface area contributed by atoms with Gasteiger partial charge in [0.2, 0.25) is 0 Å². The lowest BCUT2D eigenvalue weighted by molar-refractivity contribution is 0.0696. The lowest BCUT2D eigenvalue weighted by Gasteiger charge is -2.13. The molecule has 0 fully saturated rings. The van der Waals surface area contributed by atoms with Crippen LogP contribution in [-0.4, -0.2) is 30.6 Å². The fourth-order valence-corrected chi connectivity index (χ4v) is 3.99. The third kappa shape index (κ3) is 6.90. The van der Waals surface area contributed by atoms with Crippen LogP contribution in [0.3, 0.4) is 0 Å². The Morgan fingerprint density at radius 2 is 1.57 bits per heavy atom. The lowest BCUT2D eigenvalue weighted by Crippen LogP contribution is -2.26. The average molecular weight is 516 g/mol. The zero-order valence-corrected chi connectivity index (χ0v) is 21.0. The maximum Gasteiger partial charge on any atom is 0.335 e. The summed E-state index contributed by atoms with van der Waals surface area (Å²) in [6, 6.07) is 27.2. The zero-order chi connectivity index (χ0) is 26.2. The van der Waals surface area contributed by atoms with Crippen molar-refractivity contribution in [2.75, 3.05) is 13.7 Å². The minimum Gasteiger partial charge on any atom is -0.497 e. The Morgan fingerprint density at radius 1 is 0.865 bits per heavy atom. The largest absolute Gasteiger partial charge is 0.497 e. The quantitative estimate of drug-likeness (QED) is 0.260. The fraction of sp³-hybridized carbons (Fsp3) is 0.133. The van der Waals surface area contributed by atoms with Crippen molar-refractivity contribution in [2.24, 2.45) is 0 Å². The summed E-state index contributed by atoms with van der Waals surface area (Å²) < 4.78 is 11.2. The molecule has 4 aromatic carbocycles. The molecular formula is C30H26ClNO5. The molecule has 4 rings (SSSR count). The fourth-order valence-electron chi connectivity index (χ4n) is 3.81. The van der Waals surface area contributed by atoms with Crippen LogP contribution >= 0.6 is 11.6 Å². The molecule has 7 heteroatoms. The first-order valence-corrected chi connectivity index (χ1v) is 12.1. The number of carbonyl (C=O) groups is 2. The van der Waals surface area contributed by atoms with E-state index in [4.69, 9.17) is 26.2 Å². The number of rotatable bonds is 10. The summed E-state index contributed by atoms with van der Waals surface area (Å²) >= 11 is 6.16. The summed E-state index contributed by atoms with van der Waals surface area (Å²) in [6.45, 7) is 0.720. The van der Waals surface area contributed by atoms with Crippen molar-refractivity contribution in [3.05, 3.63) is 118 Å². The number of aromatic carboxylic acids is 1. The van der Waals surface area contributed by atoms with Gasteiger partial charge in [-0.15, -0.1) is 0 Å². The Morgan fingerprint density at radius 3 is 2.24 bits per heavy atom. The van der Waals surface area contributed by atoms with Crippen LogP contribution < -0.4 is 14.8 Å². The van der Waals surface area contributed by atoms with E-state index in [1.165, 1.54) is 0 Å². The standard InChI is InChI=1S/C30H26ClNO5/c1-36-26-4-2-3-21(17-26)19-37-28-14-13-25(31)18-27(28)29(33)32-16-15-20-5-7-22(8-6-20)23-9-11-24(12-10-23)30(34)35/h2-14,17-18H,15-16,19H2,1H3,(H,32,33)(H,34,35). The number of carbonyl (C=O) groups excluding carboxylic acids is 1. The van der Waals surface area contributed by atoms with Gasteiger partial charge in [-0.05, 0) is 71.1 Å². The molecule has 0 bridgehead atoms. The van der Waals surface area contributed by atoms with Crippen LogP contribution in [0.1, 0.15) is 31.8 Å². The minimum absolute atomic E-state index is 0.254. The van der Waals surface area contributed by atoms with Gasteiger partial charge in [-0.1, -0.05) is 60.1 Å². The number of nitrogens with one attached hydrogen (secondary N) is 1. The van der Waals surface area contributed by atoms with Crippen molar-refractivity contribution in [3.8, 4) is 22.6 Å². The predicted molar refractivity (Wildman–Crippen MR) is 144 cm³/mol. The molecule has 0 saturated carbocycles. The summed E-state index contributed by atoms with van der Waals surface area (Å²) in [5, 5.41) is 12.4. The van der Waals surface area contributed by atoms with E-state index in [0.717, 1.165) is 28.0 Å². The van der Waals surface area contributed by atoms with Crippen LogP contribution in [0.2, 0.25) is 5.02 Å². The second-order valence-corrected chi connectivity index (χ2v) is 8.80. The van der Waals surface area contributed by atoms with Crippen LogP contribution in [0.4, 0.5) is 0 Å². The molecule has 2 N–H and O–H groups in total. The number of amides is 1. The highest BCUT2D eigenvalue weighted by Crippen LogP contribution is 2.25. The SMILES string of the molecule is COc1cccc(COc2ccc(Cl)cc2C(=O)NCCc2ccc(-c3ccc(C(=O)O)cc3)cc2)c1. The molecule has 0 saturated heterocycles. The van der Waals surface area contributed by atoms with E-state index in [2.05, 4.69) is 5.32 Å². The van der Waals surface area contributed by atoms with Gasteiger partial charge in [-0.25, -0.2) is 4.79 Å². The summed E-state index contributed by atoms with van der Waals surface area (Å²) in [5.41, 5.74) is 4.53. The summed E-state index contributed by atoms with van der Waals surface area (Å²) in [5.74, 6) is -0.0298. The average Bonchev–Trinajstić information content (AvgIpc) is 2.93. The highest BCUT2D eigenvalue weighted by Gasteiger charge is 2.14. The Balaban J connectivity index is 1.34. The van der Waals surface area contributed by atoms with Gasteiger partial charge in [0.05, 0.1) is 18.2 Å². The summed E-state index contributed by atoms with van der Waals surface area (Å²) in [4.78, 5) is 24.0. The second-order valence-electron chi connectivity index (χ2n) is 8.37. The van der Waals surface area contributed by atoms with Crippen LogP contribution in [0.25, 0.3) is 11.1 Å². The smallest absolute Gasteiger partial charge is 0.335 e. The first kappa shape index (κ1) is 25.8. The first-order chi connectivity index (χ1) is 17.9. The van der Waals surface area contributed by atoms with E-state index in [1.54, 1.807) is 49.6 Å². The molecule has 37 heavy (non-hydrogen) atoms. The van der Waals surface area contributed by atoms with Crippen molar-refractivity contribution in [2.45, 2.75) is 13.0 Å². The van der Waals surface area contributed by atoms with Gasteiger partial charge in [0, 0.05) is 11.6 Å². The molecule has 0 atom stereocenters. The normalized spacial score (nSPS) is 10.5. The van der Waals surface area contributed by atoms with Crippen molar-refractivity contribution < 1.29 is 24.2 Å². The Bertz CT molecular complexity index is 1380. The van der Waals surface area contributed by atoms with Crippen molar-refractivity contribution in [3.63, 3.8) is 0 Å². The van der Waals surface area contributed by atoms with Crippen LogP contribution in [0.5, 0.6) is 11.5 Å². The van der Waals surface area contributed by atoms with Gasteiger partial charge in [0.15, 0.2) is 0 Å². The molecule has 0 aliphatic heterocycles. The second kappa shape index (κ2) is 12.1. The van der Waals surface area contributed by atoms with E-state index in [-0.39, 0.29) is 18.1 Å². The summed E-state index contributed by atoms with van der Waals surface area (Å²) in [7, 11) is 1.61. The molecule has 1 amide bonds. The van der Waals surface area contributed by atoms with E-state index in [9.17, 15) is 9.59 Å². The van der Waals surface area contributed by atoms with Crippen LogP contribution in [0.15, 0.2) is 91.0 Å². The molecule has 0 aromatic heterocycles. The Labute approximate surface area is 220 Å². The molecule has 4 aromatic rings. The van der Waals surface area contributed by atoms with E-state index in [1.807, 2.05) is 48.5 Å². The lowest BCUT2D eigenvalue weighted by atomic mass is 10.0. The molecule has 188 valence electrons. The number of carboxylic acid groups (broad SMARTS) is 1. The van der Waals surface area contributed by atoms with Crippen LogP contribution in [-0.2, 0) is 13.0 Å². The van der Waals surface area contributed by atoms with Gasteiger partial charge in [0.25, 0.3) is 5.91 Å². The monoisotopic (exact) mass is 515 g/mol. The maximum atomic E-state index is 12.9. The minimum atomic E-state index is -0.947. The van der Waals surface area contributed by atoms with Gasteiger partial charge in [-0.2, -0.15) is 0 Å². The number of hydrogen-bond donors (Lipinski definition) is 2. The van der Waals surface area contributed by atoms with Gasteiger partial charge < -0.3 is 19.9 Å². The highest BCUT2D eigenvalue weighted by atomic mass is 35.5. The van der Waals surface area contributed by atoms with Gasteiger partial charge >= 0.3 is 5.97 Å². The molecule has 6 nitrogen and oxygen atoms in total. The number of ether oxygens (including phenoxy) is 2. The number of benzene rings is 4. The van der Waals surface area contributed by atoms with E-state index >= 15 is 0 Å². The topological polar surface area (TPSA) is 84.9 Å². The number of carboxylic acids is 1. The maximum absolute atomic E-state index is 12.9. The van der Waals surface area contributed by atoms with E-state index < -0.39 is 5.97 Å². The molecular weight excluding hydrogens is 490 g/mol. The first-order valence-electron chi connectivity index (χ1n) is 11.7. The predicted octanol–water partition coefficient (Wildman–Crippen LogP) is 6.27. The van der Waals surface area contributed by atoms with Gasteiger partial charge in [0.1, 0.15) is 18.1 Å².